The Morgan fingerprint density at radius 2 is 1.71 bits per heavy atom. The number of piperidine rings is 1. The molecule has 1 aromatic carbocycles. The summed E-state index contributed by atoms with van der Waals surface area (Å²) in [5.41, 5.74) is 2.72. The molecule has 2 aliphatic heterocycles. The number of aryl methyl sites for hydroxylation is 2. The third-order valence-corrected chi connectivity index (χ3v) is 7.05. The number of aromatic nitrogens is 1. The molecule has 2 aliphatic rings. The first kappa shape index (κ1) is 24.5. The van der Waals surface area contributed by atoms with Crippen molar-refractivity contribution < 1.29 is 14.3 Å². The van der Waals surface area contributed by atoms with E-state index in [4.69, 9.17) is 9.47 Å². The molecule has 4 rings (SSSR count). The predicted octanol–water partition coefficient (Wildman–Crippen LogP) is 3.25. The summed E-state index contributed by atoms with van der Waals surface area (Å²) >= 11 is 0. The SMILES string of the molecule is Cc1ccc(OCc2c(C(=O)N3CCC(C)CC3)c(=O)cc(C)n2CCN2CCOCC2)cc1. The average Bonchev–Trinajstić information content (AvgIpc) is 2.84. The molecule has 7 nitrogen and oxygen atoms in total. The van der Waals surface area contributed by atoms with Crippen LogP contribution in [-0.4, -0.2) is 66.2 Å². The van der Waals surface area contributed by atoms with Crippen molar-refractivity contribution in [1.29, 1.82) is 0 Å². The normalized spacial score (nSPS) is 17.7. The molecule has 34 heavy (non-hydrogen) atoms. The summed E-state index contributed by atoms with van der Waals surface area (Å²) in [5.74, 6) is 1.17. The van der Waals surface area contributed by atoms with Crippen molar-refractivity contribution in [3.05, 3.63) is 63.1 Å². The van der Waals surface area contributed by atoms with E-state index in [1.807, 2.05) is 43.0 Å². The Morgan fingerprint density at radius 1 is 1.03 bits per heavy atom. The molecule has 0 radical (unpaired) electrons. The van der Waals surface area contributed by atoms with Crippen molar-refractivity contribution in [2.75, 3.05) is 45.9 Å². The fourth-order valence-corrected chi connectivity index (χ4v) is 4.74. The Balaban J connectivity index is 1.65. The zero-order valence-electron chi connectivity index (χ0n) is 20.7. The zero-order valence-corrected chi connectivity index (χ0v) is 20.7. The molecule has 0 saturated carbocycles. The Labute approximate surface area is 202 Å². The maximum absolute atomic E-state index is 13.6. The highest BCUT2D eigenvalue weighted by Gasteiger charge is 2.28. The van der Waals surface area contributed by atoms with Crippen LogP contribution in [0.2, 0.25) is 0 Å². The van der Waals surface area contributed by atoms with E-state index in [9.17, 15) is 9.59 Å². The maximum Gasteiger partial charge on any atom is 0.259 e. The van der Waals surface area contributed by atoms with Gasteiger partial charge >= 0.3 is 0 Å². The smallest absolute Gasteiger partial charge is 0.259 e. The molecule has 0 bridgehead atoms. The first-order valence-corrected chi connectivity index (χ1v) is 12.4. The van der Waals surface area contributed by atoms with Gasteiger partial charge in [-0.15, -0.1) is 0 Å². The van der Waals surface area contributed by atoms with E-state index >= 15 is 0 Å². The largest absolute Gasteiger partial charge is 0.487 e. The molecule has 0 N–H and O–H groups in total. The zero-order chi connectivity index (χ0) is 24.1. The number of carbonyl (C=O) groups excluding carboxylic acids is 1. The molecule has 0 aliphatic carbocycles. The molecule has 2 aromatic rings. The van der Waals surface area contributed by atoms with Crippen LogP contribution < -0.4 is 10.2 Å². The fourth-order valence-electron chi connectivity index (χ4n) is 4.74. The maximum atomic E-state index is 13.6. The van der Waals surface area contributed by atoms with Crippen LogP contribution in [0.5, 0.6) is 5.75 Å². The highest BCUT2D eigenvalue weighted by molar-refractivity contribution is 5.95. The Hall–Kier alpha value is -2.64. The number of carbonyl (C=O) groups is 1. The van der Waals surface area contributed by atoms with Crippen molar-refractivity contribution in [3.63, 3.8) is 0 Å². The number of pyridine rings is 1. The third-order valence-electron chi connectivity index (χ3n) is 7.05. The monoisotopic (exact) mass is 467 g/mol. The van der Waals surface area contributed by atoms with E-state index in [0.717, 1.165) is 62.7 Å². The molecule has 184 valence electrons. The standard InChI is InChI=1S/C27H37N3O4/c1-20-4-6-23(7-5-20)34-19-24-26(27(32)29-10-8-21(2)9-11-29)25(31)18-22(3)30(24)13-12-28-14-16-33-17-15-28/h4-7,18,21H,8-17,19H2,1-3H3. The second-order valence-corrected chi connectivity index (χ2v) is 9.65. The summed E-state index contributed by atoms with van der Waals surface area (Å²) in [6.45, 7) is 12.5. The second kappa shape index (κ2) is 11.2. The van der Waals surface area contributed by atoms with Gasteiger partial charge in [-0.2, -0.15) is 0 Å². The molecule has 2 fully saturated rings. The van der Waals surface area contributed by atoms with Crippen LogP contribution in [0, 0.1) is 19.8 Å². The van der Waals surface area contributed by atoms with Gasteiger partial charge in [0.2, 0.25) is 0 Å². The minimum absolute atomic E-state index is 0.167. The molecule has 0 spiro atoms. The number of nitrogens with zero attached hydrogens (tertiary/aromatic N) is 3. The van der Waals surface area contributed by atoms with Crippen molar-refractivity contribution in [3.8, 4) is 5.75 Å². The molecule has 2 saturated heterocycles. The van der Waals surface area contributed by atoms with Crippen molar-refractivity contribution in [1.82, 2.24) is 14.4 Å². The van der Waals surface area contributed by atoms with Gasteiger partial charge in [-0.3, -0.25) is 14.5 Å². The van der Waals surface area contributed by atoms with Gasteiger partial charge < -0.3 is 18.9 Å². The summed E-state index contributed by atoms with van der Waals surface area (Å²) in [7, 11) is 0. The molecule has 7 heteroatoms. The number of morpholine rings is 1. The van der Waals surface area contributed by atoms with Gasteiger partial charge in [0.1, 0.15) is 17.9 Å². The number of hydrogen-bond acceptors (Lipinski definition) is 5. The number of likely N-dealkylation sites (tertiary alicyclic amines) is 1. The lowest BCUT2D eigenvalue weighted by molar-refractivity contribution is 0.0361. The number of rotatable bonds is 7. The van der Waals surface area contributed by atoms with Gasteiger partial charge in [0.25, 0.3) is 5.91 Å². The minimum atomic E-state index is -0.216. The van der Waals surface area contributed by atoms with Crippen LogP contribution in [0.4, 0.5) is 0 Å². The first-order valence-electron chi connectivity index (χ1n) is 12.4. The van der Waals surface area contributed by atoms with Crippen LogP contribution in [0.1, 0.15) is 47.1 Å². The number of amides is 1. The molecule has 3 heterocycles. The molecule has 0 unspecified atom stereocenters. The van der Waals surface area contributed by atoms with Crippen molar-refractivity contribution >= 4 is 5.91 Å². The topological polar surface area (TPSA) is 64.0 Å². The van der Waals surface area contributed by atoms with Crippen molar-refractivity contribution in [2.24, 2.45) is 5.92 Å². The van der Waals surface area contributed by atoms with Crippen LogP contribution in [0.25, 0.3) is 0 Å². The van der Waals surface area contributed by atoms with Crippen LogP contribution >= 0.6 is 0 Å². The van der Waals surface area contributed by atoms with Crippen molar-refractivity contribution in [2.45, 2.75) is 46.8 Å². The van der Waals surface area contributed by atoms with Gasteiger partial charge in [-0.05, 0) is 44.7 Å². The number of ether oxygens (including phenoxy) is 2. The van der Waals surface area contributed by atoms with Crippen LogP contribution in [0.3, 0.4) is 0 Å². The quantitative estimate of drug-likeness (QED) is 0.626. The predicted molar refractivity (Wildman–Crippen MR) is 133 cm³/mol. The molecular formula is C27H37N3O4. The van der Waals surface area contributed by atoms with E-state index in [1.165, 1.54) is 0 Å². The molecule has 0 atom stereocenters. The summed E-state index contributed by atoms with van der Waals surface area (Å²) < 4.78 is 13.7. The third kappa shape index (κ3) is 5.88. The molecular weight excluding hydrogens is 430 g/mol. The highest BCUT2D eigenvalue weighted by Crippen LogP contribution is 2.21. The summed E-state index contributed by atoms with van der Waals surface area (Å²) in [5, 5.41) is 0. The lowest BCUT2D eigenvalue weighted by Gasteiger charge is -2.32. The summed E-state index contributed by atoms with van der Waals surface area (Å²) in [4.78, 5) is 31.0. The van der Waals surface area contributed by atoms with E-state index < -0.39 is 0 Å². The number of benzene rings is 1. The Kier molecular flexibility index (Phi) is 8.06. The lowest BCUT2D eigenvalue weighted by Crippen LogP contribution is -2.42. The molecule has 1 amide bonds. The van der Waals surface area contributed by atoms with Gasteiger partial charge in [0.05, 0.1) is 18.9 Å². The van der Waals surface area contributed by atoms with E-state index in [0.29, 0.717) is 31.2 Å². The van der Waals surface area contributed by atoms with E-state index in [2.05, 4.69) is 16.4 Å². The van der Waals surface area contributed by atoms with Crippen LogP contribution in [-0.2, 0) is 17.9 Å². The van der Waals surface area contributed by atoms with Gasteiger partial charge in [-0.25, -0.2) is 0 Å². The van der Waals surface area contributed by atoms with Crippen LogP contribution in [0.15, 0.2) is 35.1 Å². The summed E-state index contributed by atoms with van der Waals surface area (Å²) in [6, 6.07) is 9.45. The van der Waals surface area contributed by atoms with Gasteiger partial charge in [-0.1, -0.05) is 24.6 Å². The molecule has 1 aromatic heterocycles. The summed E-state index contributed by atoms with van der Waals surface area (Å²) in [6.07, 6.45) is 1.94. The fraction of sp³-hybridized carbons (Fsp3) is 0.556. The van der Waals surface area contributed by atoms with E-state index in [-0.39, 0.29) is 23.5 Å². The average molecular weight is 468 g/mol. The van der Waals surface area contributed by atoms with Gasteiger partial charge in [0.15, 0.2) is 5.43 Å². The lowest BCUT2D eigenvalue weighted by atomic mass is 9.98. The Bertz CT molecular complexity index is 1030. The first-order chi connectivity index (χ1) is 16.4. The Morgan fingerprint density at radius 3 is 2.38 bits per heavy atom. The van der Waals surface area contributed by atoms with Gasteiger partial charge in [0, 0.05) is 51.0 Å². The van der Waals surface area contributed by atoms with E-state index in [1.54, 1.807) is 6.07 Å². The minimum Gasteiger partial charge on any atom is -0.487 e. The second-order valence-electron chi connectivity index (χ2n) is 9.65. The highest BCUT2D eigenvalue weighted by atomic mass is 16.5. The number of hydrogen-bond donors (Lipinski definition) is 0.